The zero-order valence-electron chi connectivity index (χ0n) is 21.0. The maximum absolute atomic E-state index is 12.8. The van der Waals surface area contributed by atoms with Crippen molar-refractivity contribution < 1.29 is 24.6 Å². The lowest BCUT2D eigenvalue weighted by Gasteiger charge is -2.41. The van der Waals surface area contributed by atoms with Crippen molar-refractivity contribution in [2.75, 3.05) is 13.2 Å². The molecule has 4 N–H and O–H groups in total. The van der Waals surface area contributed by atoms with Gasteiger partial charge >= 0.3 is 0 Å². The zero-order valence-corrected chi connectivity index (χ0v) is 21.0. The quantitative estimate of drug-likeness (QED) is 0.348. The summed E-state index contributed by atoms with van der Waals surface area (Å²) in [7, 11) is 0. The van der Waals surface area contributed by atoms with Crippen LogP contribution in [0.5, 0.6) is 0 Å². The van der Waals surface area contributed by atoms with Crippen LogP contribution in [0.3, 0.4) is 0 Å². The van der Waals surface area contributed by atoms with Gasteiger partial charge in [-0.1, -0.05) is 30.7 Å². The average molecular weight is 495 g/mol. The summed E-state index contributed by atoms with van der Waals surface area (Å²) in [4.78, 5) is 37.6. The first-order chi connectivity index (χ1) is 17.4. The monoisotopic (exact) mass is 494 g/mol. The molecule has 2 saturated carbocycles. The Bertz CT molecular complexity index is 1040. The topological polar surface area (TPSA) is 116 Å². The molecule has 0 aromatic rings. The highest BCUT2D eigenvalue weighted by molar-refractivity contribution is 6.27. The second kappa shape index (κ2) is 10.4. The number of aliphatic hydroxyl groups excluding tert-OH is 2. The fraction of sp³-hybridized carbons (Fsp3) is 0.621. The molecule has 2 aliphatic heterocycles. The van der Waals surface area contributed by atoms with E-state index in [1.54, 1.807) is 12.2 Å². The molecule has 36 heavy (non-hydrogen) atoms. The highest BCUT2D eigenvalue weighted by Gasteiger charge is 2.53. The summed E-state index contributed by atoms with van der Waals surface area (Å²) in [6, 6.07) is -0.662. The molecular weight excluding hydrogens is 456 g/mol. The number of amides is 2. The molecule has 194 valence electrons. The van der Waals surface area contributed by atoms with E-state index in [0.29, 0.717) is 49.0 Å². The summed E-state index contributed by atoms with van der Waals surface area (Å²) in [5.41, 5.74) is 1.24. The maximum Gasteiger partial charge on any atom is 0.259 e. The molecule has 0 aromatic carbocycles. The number of hydrogen-bond acceptors (Lipinski definition) is 5. The molecule has 5 rings (SSSR count). The second-order valence-electron chi connectivity index (χ2n) is 11.2. The number of rotatable bonds is 2. The van der Waals surface area contributed by atoms with Gasteiger partial charge in [0.2, 0.25) is 5.91 Å². The van der Waals surface area contributed by atoms with Crippen LogP contribution in [-0.4, -0.2) is 47.0 Å². The molecule has 7 nitrogen and oxygen atoms in total. The van der Waals surface area contributed by atoms with Crippen LogP contribution in [0.15, 0.2) is 47.3 Å². The van der Waals surface area contributed by atoms with Crippen molar-refractivity contribution in [3.8, 4) is 0 Å². The summed E-state index contributed by atoms with van der Waals surface area (Å²) < 4.78 is 0. The third kappa shape index (κ3) is 4.47. The van der Waals surface area contributed by atoms with Crippen molar-refractivity contribution in [1.29, 1.82) is 0 Å². The van der Waals surface area contributed by atoms with E-state index in [1.165, 1.54) is 5.57 Å². The van der Waals surface area contributed by atoms with Crippen molar-refractivity contribution in [1.82, 2.24) is 10.6 Å². The minimum absolute atomic E-state index is 0.138. The molecule has 5 aliphatic rings. The van der Waals surface area contributed by atoms with E-state index in [1.807, 2.05) is 12.2 Å². The summed E-state index contributed by atoms with van der Waals surface area (Å²) in [5, 5.41) is 26.5. The fourth-order valence-electron chi connectivity index (χ4n) is 7.93. The number of carbonyl (C=O) groups is 3. The molecule has 2 bridgehead atoms. The Hall–Kier alpha value is -2.67. The molecule has 3 fully saturated rings. The largest absolute Gasteiger partial charge is 0.507 e. The lowest BCUT2D eigenvalue weighted by molar-refractivity contribution is -0.118. The van der Waals surface area contributed by atoms with Gasteiger partial charge < -0.3 is 20.8 Å². The van der Waals surface area contributed by atoms with Crippen LogP contribution in [0.4, 0.5) is 0 Å². The van der Waals surface area contributed by atoms with Crippen LogP contribution in [-0.2, 0) is 14.4 Å². The number of ketones is 1. The van der Waals surface area contributed by atoms with E-state index in [-0.39, 0.29) is 41.5 Å². The Morgan fingerprint density at radius 3 is 2.64 bits per heavy atom. The molecule has 2 heterocycles. The lowest BCUT2D eigenvalue weighted by Crippen LogP contribution is -2.35. The van der Waals surface area contributed by atoms with Crippen LogP contribution in [0.1, 0.15) is 51.9 Å². The van der Waals surface area contributed by atoms with Crippen LogP contribution in [0.2, 0.25) is 0 Å². The molecule has 2 amide bonds. The van der Waals surface area contributed by atoms with Gasteiger partial charge in [-0.3, -0.25) is 14.4 Å². The van der Waals surface area contributed by atoms with Crippen molar-refractivity contribution in [2.24, 2.45) is 41.4 Å². The van der Waals surface area contributed by atoms with Gasteiger partial charge in [-0.2, -0.15) is 0 Å². The molecule has 0 aromatic heterocycles. The number of aliphatic hydroxyl groups is 2. The minimum atomic E-state index is -0.662. The highest BCUT2D eigenvalue weighted by Crippen LogP contribution is 2.60. The van der Waals surface area contributed by atoms with E-state index in [9.17, 15) is 24.6 Å². The molecule has 1 saturated heterocycles. The molecule has 0 radical (unpaired) electrons. The molecular formula is C29H38N2O5. The molecule has 7 heteroatoms. The summed E-state index contributed by atoms with van der Waals surface area (Å²) in [6.45, 7) is 2.80. The minimum Gasteiger partial charge on any atom is -0.507 e. The Morgan fingerprint density at radius 2 is 1.86 bits per heavy atom. The van der Waals surface area contributed by atoms with Gasteiger partial charge in [-0.05, 0) is 92.6 Å². The second-order valence-corrected chi connectivity index (χ2v) is 11.2. The first-order valence-corrected chi connectivity index (χ1v) is 13.6. The smallest absolute Gasteiger partial charge is 0.259 e. The predicted octanol–water partition coefficient (Wildman–Crippen LogP) is 3.13. The number of carbonyl (C=O) groups excluding carboxylic acids is 3. The summed E-state index contributed by atoms with van der Waals surface area (Å²) in [6.07, 6.45) is 15.3. The molecule has 0 unspecified atom stereocenters. The normalized spacial score (nSPS) is 42.6. The van der Waals surface area contributed by atoms with Crippen LogP contribution in [0, 0.1) is 41.4 Å². The SMILES string of the molecule is CCC1=C[C@H]2C[C@@H]3[C@H](CC[C@@H]4/C=C\C(O)=C5\C(=O)N[C@@H](CCCNC(=O)/C=C\C[C@@H]34)C5=O)[C@H]2[C@@H]1CO. The zero-order chi connectivity index (χ0) is 25.4. The van der Waals surface area contributed by atoms with Crippen LogP contribution in [0.25, 0.3) is 0 Å². The fourth-order valence-corrected chi connectivity index (χ4v) is 7.93. The van der Waals surface area contributed by atoms with Crippen molar-refractivity contribution >= 4 is 17.6 Å². The Balaban J connectivity index is 1.44. The third-order valence-corrected chi connectivity index (χ3v) is 9.49. The Kier molecular flexibility index (Phi) is 7.20. The first kappa shape index (κ1) is 25.0. The van der Waals surface area contributed by atoms with Gasteiger partial charge in [0.15, 0.2) is 5.78 Å². The van der Waals surface area contributed by atoms with Crippen molar-refractivity contribution in [3.05, 3.63) is 47.3 Å². The number of nitrogens with one attached hydrogen (secondary N) is 2. The summed E-state index contributed by atoms with van der Waals surface area (Å²) >= 11 is 0. The first-order valence-electron chi connectivity index (χ1n) is 13.6. The third-order valence-electron chi connectivity index (χ3n) is 9.49. The standard InChI is InChI=1S/C29H38N2O5/c1-2-16-13-18-14-21-19-5-3-7-25(34)30-12-4-6-23-28(35)27(29(36)31-23)24(33)11-9-17(19)8-10-20(21)26(18)22(16)15-32/h3,7,9,11,13,17-23,26,32-33H,2,4-6,8,10,12,14-15H2,1H3,(H,30,34)(H,31,36)/b7-3-,11-9-,27-24-/t17-,18+,19-,20+,21+,22-,23+,26+/m1/s1. The van der Waals surface area contributed by atoms with Gasteiger partial charge in [0.05, 0.1) is 6.04 Å². The van der Waals surface area contributed by atoms with E-state index in [0.717, 1.165) is 32.1 Å². The Morgan fingerprint density at radius 1 is 1.03 bits per heavy atom. The molecule has 8 atom stereocenters. The van der Waals surface area contributed by atoms with Crippen molar-refractivity contribution in [3.63, 3.8) is 0 Å². The van der Waals surface area contributed by atoms with Crippen molar-refractivity contribution in [2.45, 2.75) is 57.9 Å². The van der Waals surface area contributed by atoms with E-state index in [2.05, 4.69) is 23.6 Å². The number of fused-ring (bicyclic) bond motifs is 7. The lowest BCUT2D eigenvalue weighted by atomic mass is 9.63. The van der Waals surface area contributed by atoms with Gasteiger partial charge in [0.1, 0.15) is 11.3 Å². The molecule has 3 aliphatic carbocycles. The predicted molar refractivity (Wildman–Crippen MR) is 135 cm³/mol. The number of allylic oxidation sites excluding steroid dienone is 4. The van der Waals surface area contributed by atoms with Crippen LogP contribution >= 0.6 is 0 Å². The number of Topliss-reactive ketones (excluding diaryl/α,β-unsaturated/α-hetero) is 1. The Labute approximate surface area is 212 Å². The van der Waals surface area contributed by atoms with E-state index < -0.39 is 11.9 Å². The average Bonchev–Trinajstić information content (AvgIpc) is 3.49. The van der Waals surface area contributed by atoms with E-state index in [4.69, 9.17) is 0 Å². The van der Waals surface area contributed by atoms with Gasteiger partial charge in [0.25, 0.3) is 5.91 Å². The van der Waals surface area contributed by atoms with Gasteiger partial charge in [-0.15, -0.1) is 0 Å². The van der Waals surface area contributed by atoms with Gasteiger partial charge in [-0.25, -0.2) is 0 Å². The summed E-state index contributed by atoms with van der Waals surface area (Å²) in [5.74, 6) is 1.40. The molecule has 0 spiro atoms. The number of hydrogen-bond donors (Lipinski definition) is 4. The van der Waals surface area contributed by atoms with Gasteiger partial charge in [0, 0.05) is 19.1 Å². The highest BCUT2D eigenvalue weighted by atomic mass is 16.3. The maximum atomic E-state index is 12.8. The van der Waals surface area contributed by atoms with E-state index >= 15 is 0 Å². The van der Waals surface area contributed by atoms with Crippen LogP contribution < -0.4 is 10.6 Å².